The van der Waals surface area contributed by atoms with Crippen LogP contribution in [0, 0.1) is 0 Å². The number of halogens is 2. The van der Waals surface area contributed by atoms with Crippen LogP contribution in [0.4, 0.5) is 0 Å². The lowest BCUT2D eigenvalue weighted by Crippen LogP contribution is -2.49. The largest absolute Gasteiger partial charge is 0.344 e. The first-order valence-electron chi connectivity index (χ1n) is 4.91. The zero-order chi connectivity index (χ0) is 12.3. The van der Waals surface area contributed by atoms with Crippen molar-refractivity contribution in [3.8, 4) is 0 Å². The molecule has 0 aliphatic carbocycles. The van der Waals surface area contributed by atoms with E-state index >= 15 is 0 Å². The van der Waals surface area contributed by atoms with Gasteiger partial charge in [-0.3, -0.25) is 4.79 Å². The number of alkyl halides is 1. The van der Waals surface area contributed by atoms with E-state index in [0.717, 1.165) is 0 Å². The maximum Gasteiger partial charge on any atom is 0.270 e. The second-order valence-corrected chi connectivity index (χ2v) is 5.24. The number of pyridine rings is 1. The average Bonchev–Trinajstić information content (AvgIpc) is 2.17. The second kappa shape index (κ2) is 5.02. The molecule has 1 amide bonds. The minimum atomic E-state index is -0.486. The number of nitrogens with one attached hydrogen (secondary N) is 1. The molecule has 0 saturated carbocycles. The Morgan fingerprint density at radius 1 is 1.50 bits per heavy atom. The summed E-state index contributed by atoms with van der Waals surface area (Å²) in [6, 6.07) is 3.20. The van der Waals surface area contributed by atoms with Gasteiger partial charge in [-0.05, 0) is 32.9 Å². The van der Waals surface area contributed by atoms with Crippen molar-refractivity contribution >= 4 is 29.1 Å². The summed E-state index contributed by atoms with van der Waals surface area (Å²) < 4.78 is 0. The topological polar surface area (TPSA) is 42.0 Å². The van der Waals surface area contributed by atoms with Crippen LogP contribution in [0.1, 0.15) is 31.3 Å². The third kappa shape index (κ3) is 3.35. The summed E-state index contributed by atoms with van der Waals surface area (Å²) in [5, 5.41) is 3.14. The number of aromatic nitrogens is 1. The molecule has 0 radical (unpaired) electrons. The Morgan fingerprint density at radius 3 is 2.56 bits per heavy atom. The third-order valence-corrected chi connectivity index (χ3v) is 3.16. The van der Waals surface area contributed by atoms with Crippen LogP contribution in [0.2, 0.25) is 5.02 Å². The molecule has 0 saturated heterocycles. The molecule has 1 unspecified atom stereocenters. The molecule has 1 aromatic heterocycles. The fourth-order valence-corrected chi connectivity index (χ4v) is 1.13. The van der Waals surface area contributed by atoms with Gasteiger partial charge >= 0.3 is 0 Å². The van der Waals surface area contributed by atoms with Crippen molar-refractivity contribution in [3.05, 3.63) is 29.0 Å². The molecule has 0 aliphatic heterocycles. The maximum absolute atomic E-state index is 11.8. The first-order valence-corrected chi connectivity index (χ1v) is 5.72. The van der Waals surface area contributed by atoms with Gasteiger partial charge in [-0.2, -0.15) is 0 Å². The smallest absolute Gasteiger partial charge is 0.270 e. The van der Waals surface area contributed by atoms with E-state index in [0.29, 0.717) is 10.7 Å². The third-order valence-electron chi connectivity index (χ3n) is 2.39. The van der Waals surface area contributed by atoms with E-state index in [4.69, 9.17) is 23.2 Å². The number of carbonyl (C=O) groups is 1. The van der Waals surface area contributed by atoms with E-state index in [2.05, 4.69) is 10.3 Å². The molecular weight excluding hydrogens is 247 g/mol. The molecule has 16 heavy (non-hydrogen) atoms. The molecule has 3 nitrogen and oxygen atoms in total. The Labute approximate surface area is 105 Å². The van der Waals surface area contributed by atoms with E-state index in [1.807, 2.05) is 20.8 Å². The maximum atomic E-state index is 11.8. The summed E-state index contributed by atoms with van der Waals surface area (Å²) in [4.78, 5) is 15.7. The summed E-state index contributed by atoms with van der Waals surface area (Å²) in [6.07, 6.45) is 1.44. The Hall–Kier alpha value is -0.800. The van der Waals surface area contributed by atoms with Gasteiger partial charge in [0.2, 0.25) is 0 Å². The van der Waals surface area contributed by atoms with Gasteiger partial charge in [0.15, 0.2) is 0 Å². The van der Waals surface area contributed by atoms with Crippen LogP contribution in [0.15, 0.2) is 18.3 Å². The lowest BCUT2D eigenvalue weighted by atomic mass is 10.0. The standard InChI is InChI=1S/C11H14Cl2N2O/c1-7(12)11(2,3)15-10(16)9-5-4-8(13)6-14-9/h4-7H,1-3H3,(H,15,16). The van der Waals surface area contributed by atoms with Crippen molar-refractivity contribution in [3.63, 3.8) is 0 Å². The van der Waals surface area contributed by atoms with Crippen LogP contribution in [-0.2, 0) is 0 Å². The van der Waals surface area contributed by atoms with Crippen LogP contribution >= 0.6 is 23.2 Å². The van der Waals surface area contributed by atoms with Crippen molar-refractivity contribution in [2.24, 2.45) is 0 Å². The molecule has 88 valence electrons. The van der Waals surface area contributed by atoms with E-state index < -0.39 is 5.54 Å². The lowest BCUT2D eigenvalue weighted by Gasteiger charge is -2.28. The quantitative estimate of drug-likeness (QED) is 0.850. The van der Waals surface area contributed by atoms with Crippen molar-refractivity contribution in [1.29, 1.82) is 0 Å². The number of hydrogen-bond donors (Lipinski definition) is 1. The molecule has 1 aromatic rings. The summed E-state index contributed by atoms with van der Waals surface area (Å²) in [7, 11) is 0. The molecule has 1 atom stereocenters. The highest BCUT2D eigenvalue weighted by molar-refractivity contribution is 6.30. The summed E-state index contributed by atoms with van der Waals surface area (Å²) in [5.41, 5.74) is -0.158. The molecule has 1 heterocycles. The zero-order valence-corrected chi connectivity index (χ0v) is 10.9. The summed E-state index contributed by atoms with van der Waals surface area (Å²) in [5.74, 6) is -0.255. The summed E-state index contributed by atoms with van der Waals surface area (Å²) in [6.45, 7) is 5.55. The second-order valence-electron chi connectivity index (χ2n) is 4.15. The van der Waals surface area contributed by atoms with Gasteiger partial charge in [-0.15, -0.1) is 11.6 Å². The van der Waals surface area contributed by atoms with E-state index in [-0.39, 0.29) is 11.3 Å². The molecule has 1 N–H and O–H groups in total. The Morgan fingerprint density at radius 2 is 2.12 bits per heavy atom. The molecule has 0 bridgehead atoms. The van der Waals surface area contributed by atoms with E-state index in [1.54, 1.807) is 12.1 Å². The average molecular weight is 261 g/mol. The molecule has 0 spiro atoms. The lowest BCUT2D eigenvalue weighted by molar-refractivity contribution is 0.0907. The van der Waals surface area contributed by atoms with Crippen LogP contribution in [-0.4, -0.2) is 21.8 Å². The number of nitrogens with zero attached hydrogens (tertiary/aromatic N) is 1. The monoisotopic (exact) mass is 260 g/mol. The molecule has 0 aliphatic rings. The Balaban J connectivity index is 2.77. The van der Waals surface area contributed by atoms with Crippen molar-refractivity contribution < 1.29 is 4.79 Å². The van der Waals surface area contributed by atoms with Gasteiger partial charge in [0.1, 0.15) is 5.69 Å². The molecular formula is C11H14Cl2N2O. The molecule has 1 rings (SSSR count). The van der Waals surface area contributed by atoms with Crippen LogP contribution in [0.25, 0.3) is 0 Å². The van der Waals surface area contributed by atoms with Crippen LogP contribution < -0.4 is 5.32 Å². The normalized spacial score (nSPS) is 13.3. The van der Waals surface area contributed by atoms with Gasteiger partial charge in [0, 0.05) is 6.20 Å². The SMILES string of the molecule is CC(Cl)C(C)(C)NC(=O)c1ccc(Cl)cn1. The Bertz CT molecular complexity index is 374. The van der Waals surface area contributed by atoms with Gasteiger partial charge < -0.3 is 5.32 Å². The zero-order valence-electron chi connectivity index (χ0n) is 9.42. The highest BCUT2D eigenvalue weighted by Crippen LogP contribution is 2.15. The number of amides is 1. The van der Waals surface area contributed by atoms with Crippen LogP contribution in [0.5, 0.6) is 0 Å². The number of hydrogen-bond acceptors (Lipinski definition) is 2. The van der Waals surface area contributed by atoms with Crippen molar-refractivity contribution in [2.75, 3.05) is 0 Å². The summed E-state index contributed by atoms with van der Waals surface area (Å²) >= 11 is 11.7. The predicted octanol–water partition coefficient (Wildman–Crippen LogP) is 2.87. The highest BCUT2D eigenvalue weighted by Gasteiger charge is 2.26. The highest BCUT2D eigenvalue weighted by atomic mass is 35.5. The minimum absolute atomic E-state index is 0.177. The molecule has 0 fully saturated rings. The van der Waals surface area contributed by atoms with E-state index in [9.17, 15) is 4.79 Å². The number of carbonyl (C=O) groups excluding carboxylic acids is 1. The van der Waals surface area contributed by atoms with Gasteiger partial charge in [-0.1, -0.05) is 11.6 Å². The predicted molar refractivity (Wildman–Crippen MR) is 66.1 cm³/mol. The first kappa shape index (κ1) is 13.3. The van der Waals surface area contributed by atoms with E-state index in [1.165, 1.54) is 6.20 Å². The Kier molecular flexibility index (Phi) is 4.16. The minimum Gasteiger partial charge on any atom is -0.344 e. The molecule has 5 heteroatoms. The van der Waals surface area contributed by atoms with Crippen molar-refractivity contribution in [1.82, 2.24) is 10.3 Å². The van der Waals surface area contributed by atoms with Gasteiger partial charge in [0.05, 0.1) is 15.9 Å². The van der Waals surface area contributed by atoms with Gasteiger partial charge in [0.25, 0.3) is 5.91 Å². The van der Waals surface area contributed by atoms with Crippen LogP contribution in [0.3, 0.4) is 0 Å². The van der Waals surface area contributed by atoms with Crippen molar-refractivity contribution in [2.45, 2.75) is 31.7 Å². The van der Waals surface area contributed by atoms with Gasteiger partial charge in [-0.25, -0.2) is 4.98 Å². The fraction of sp³-hybridized carbons (Fsp3) is 0.455. The number of rotatable bonds is 3. The molecule has 0 aromatic carbocycles. The fourth-order valence-electron chi connectivity index (χ4n) is 0.966. The first-order chi connectivity index (χ1) is 7.33.